The van der Waals surface area contributed by atoms with Crippen LogP contribution in [0.3, 0.4) is 0 Å². The number of rotatable bonds is 10. The number of amides is 1. The minimum Gasteiger partial charge on any atom is -0.493 e. The summed E-state index contributed by atoms with van der Waals surface area (Å²) < 4.78 is 5.38. The van der Waals surface area contributed by atoms with E-state index in [2.05, 4.69) is 0 Å². The second-order valence-corrected chi connectivity index (χ2v) is 7.58. The summed E-state index contributed by atoms with van der Waals surface area (Å²) in [4.78, 5) is 46.6. The molecule has 1 unspecified atom stereocenters. The van der Waals surface area contributed by atoms with E-state index in [0.717, 1.165) is 16.7 Å². The van der Waals surface area contributed by atoms with Gasteiger partial charge in [0.15, 0.2) is 0 Å². The maximum absolute atomic E-state index is 12.7. The van der Waals surface area contributed by atoms with E-state index in [0.29, 0.717) is 11.3 Å². The molecule has 9 nitrogen and oxygen atoms in total. The van der Waals surface area contributed by atoms with Crippen LogP contribution in [0, 0.1) is 0 Å². The van der Waals surface area contributed by atoms with Crippen molar-refractivity contribution in [2.24, 2.45) is 0 Å². The molecule has 1 aromatic rings. The highest BCUT2D eigenvalue weighted by Gasteiger charge is 2.40. The van der Waals surface area contributed by atoms with Crippen molar-refractivity contribution in [1.29, 1.82) is 0 Å². The lowest BCUT2D eigenvalue weighted by Crippen LogP contribution is -2.44. The van der Waals surface area contributed by atoms with E-state index in [4.69, 9.17) is 27.2 Å². The summed E-state index contributed by atoms with van der Waals surface area (Å²) in [5.41, 5.74) is 0.579. The third-order valence-electron chi connectivity index (χ3n) is 3.79. The number of thiocarbonyl (C=S) groups is 1. The van der Waals surface area contributed by atoms with Gasteiger partial charge in [0.2, 0.25) is 0 Å². The lowest BCUT2D eigenvalue weighted by molar-refractivity contribution is -0.146. The van der Waals surface area contributed by atoms with Crippen molar-refractivity contribution in [3.05, 3.63) is 34.7 Å². The zero-order chi connectivity index (χ0) is 21.6. The van der Waals surface area contributed by atoms with Crippen LogP contribution in [0.4, 0.5) is 0 Å². The number of carbonyl (C=O) groups is 4. The molecule has 1 aliphatic rings. The molecule has 1 aromatic carbocycles. The number of nitrogens with zero attached hydrogens (tertiary/aromatic N) is 1. The van der Waals surface area contributed by atoms with Crippen molar-refractivity contribution < 1.29 is 39.2 Å². The predicted octanol–water partition coefficient (Wildman–Crippen LogP) is 2.06. The summed E-state index contributed by atoms with van der Waals surface area (Å²) >= 11 is 6.05. The Balaban J connectivity index is 2.17. The number of carboxylic acid groups (broad SMARTS) is 3. The molecule has 0 spiro atoms. The predicted molar refractivity (Wildman–Crippen MR) is 107 cm³/mol. The summed E-state index contributed by atoms with van der Waals surface area (Å²) in [5.74, 6) is -3.69. The number of ether oxygens (including phenoxy) is 1. The van der Waals surface area contributed by atoms with Crippen LogP contribution < -0.4 is 4.74 Å². The van der Waals surface area contributed by atoms with Crippen LogP contribution in [0.25, 0.3) is 6.08 Å². The minimum atomic E-state index is -1.37. The van der Waals surface area contributed by atoms with Crippen molar-refractivity contribution >= 4 is 58.2 Å². The van der Waals surface area contributed by atoms with Gasteiger partial charge in [-0.3, -0.25) is 19.3 Å². The van der Waals surface area contributed by atoms with Crippen LogP contribution in [-0.2, 0) is 19.2 Å². The summed E-state index contributed by atoms with van der Waals surface area (Å²) in [5, 5.41) is 26.8. The molecule has 3 N–H and O–H groups in total. The fourth-order valence-electron chi connectivity index (χ4n) is 2.47. The van der Waals surface area contributed by atoms with E-state index in [1.807, 2.05) is 0 Å². The maximum atomic E-state index is 12.7. The van der Waals surface area contributed by atoms with Crippen LogP contribution in [-0.4, -0.2) is 61.0 Å². The first kappa shape index (κ1) is 22.4. The number of carbonyl (C=O) groups excluding carboxylic acids is 1. The minimum absolute atomic E-state index is 0.00916. The molecule has 0 aliphatic carbocycles. The molecule has 2 rings (SSSR count). The van der Waals surface area contributed by atoms with Crippen molar-refractivity contribution in [3.63, 3.8) is 0 Å². The molecule has 0 aromatic heterocycles. The molecule has 1 fully saturated rings. The number of thioether (sulfide) groups is 1. The van der Waals surface area contributed by atoms with Gasteiger partial charge in [-0.05, 0) is 30.2 Å². The van der Waals surface area contributed by atoms with Crippen molar-refractivity contribution in [2.45, 2.75) is 25.3 Å². The monoisotopic (exact) mass is 439 g/mol. The second-order valence-electron chi connectivity index (χ2n) is 5.90. The third-order valence-corrected chi connectivity index (χ3v) is 5.12. The zero-order valence-electron chi connectivity index (χ0n) is 14.9. The fraction of sp³-hybridized carbons (Fsp3) is 0.278. The van der Waals surface area contributed by atoms with Crippen LogP contribution >= 0.6 is 24.0 Å². The van der Waals surface area contributed by atoms with Gasteiger partial charge in [-0.2, -0.15) is 0 Å². The van der Waals surface area contributed by atoms with Gasteiger partial charge < -0.3 is 20.1 Å². The molecule has 1 atom stereocenters. The van der Waals surface area contributed by atoms with Crippen LogP contribution in [0.2, 0.25) is 0 Å². The SMILES string of the molecule is O=C(O)CCOc1cccc(/C=C2\SC(=S)N(C(CCC(=O)O)C(=O)O)C2=O)c1. The standard InChI is InChI=1S/C18H17NO8S2/c20-14(21)5-4-12(17(25)26)19-16(24)13(29-18(19)28)9-10-2-1-3-11(8-10)27-7-6-15(22)23/h1-3,8-9,12H,4-7H2,(H,20,21)(H,22,23)(H,25,26)/b13-9-. The van der Waals surface area contributed by atoms with Crippen molar-refractivity contribution in [3.8, 4) is 5.75 Å². The lowest BCUT2D eigenvalue weighted by atomic mass is 10.1. The first-order valence-corrected chi connectivity index (χ1v) is 9.58. The molecule has 1 heterocycles. The molecular weight excluding hydrogens is 422 g/mol. The van der Waals surface area contributed by atoms with Gasteiger partial charge in [0, 0.05) is 6.42 Å². The molecule has 0 radical (unpaired) electrons. The van der Waals surface area contributed by atoms with Crippen molar-refractivity contribution in [2.75, 3.05) is 6.61 Å². The first-order chi connectivity index (χ1) is 13.7. The van der Waals surface area contributed by atoms with Gasteiger partial charge in [0.25, 0.3) is 5.91 Å². The normalized spacial score (nSPS) is 16.1. The van der Waals surface area contributed by atoms with E-state index in [1.165, 1.54) is 6.08 Å². The molecule has 154 valence electrons. The van der Waals surface area contributed by atoms with Gasteiger partial charge in [-0.15, -0.1) is 0 Å². The number of carboxylic acids is 3. The van der Waals surface area contributed by atoms with Crippen LogP contribution in [0.1, 0.15) is 24.8 Å². The highest BCUT2D eigenvalue weighted by molar-refractivity contribution is 8.26. The molecule has 0 saturated carbocycles. The van der Waals surface area contributed by atoms with Gasteiger partial charge in [0.1, 0.15) is 16.1 Å². The average Bonchev–Trinajstić information content (AvgIpc) is 2.89. The third kappa shape index (κ3) is 6.29. The van der Waals surface area contributed by atoms with E-state index in [-0.39, 0.29) is 28.7 Å². The Morgan fingerprint density at radius 3 is 2.48 bits per heavy atom. The summed E-state index contributed by atoms with van der Waals surface area (Å²) in [6.07, 6.45) is 0.676. The topological polar surface area (TPSA) is 141 Å². The smallest absolute Gasteiger partial charge is 0.326 e. The van der Waals surface area contributed by atoms with E-state index in [1.54, 1.807) is 24.3 Å². The number of benzene rings is 1. The summed E-state index contributed by atoms with van der Waals surface area (Å²) in [7, 11) is 0. The van der Waals surface area contributed by atoms with Crippen LogP contribution in [0.5, 0.6) is 5.75 Å². The Labute approximate surface area is 174 Å². The van der Waals surface area contributed by atoms with Crippen molar-refractivity contribution in [1.82, 2.24) is 4.90 Å². The molecule has 1 aliphatic heterocycles. The fourth-order valence-corrected chi connectivity index (χ4v) is 3.83. The Hall–Kier alpha value is -2.92. The Kier molecular flexibility index (Phi) is 7.74. The maximum Gasteiger partial charge on any atom is 0.326 e. The van der Waals surface area contributed by atoms with Gasteiger partial charge in [-0.25, -0.2) is 4.79 Å². The number of hydrogen-bond donors (Lipinski definition) is 3. The second kappa shape index (κ2) is 10.0. The molecule has 0 bridgehead atoms. The number of hydrogen-bond acceptors (Lipinski definition) is 7. The molecule has 1 saturated heterocycles. The van der Waals surface area contributed by atoms with E-state index in [9.17, 15) is 24.3 Å². The van der Waals surface area contributed by atoms with E-state index < -0.39 is 36.3 Å². The highest BCUT2D eigenvalue weighted by atomic mass is 32.2. The molecule has 1 amide bonds. The summed E-state index contributed by atoms with van der Waals surface area (Å²) in [6, 6.07) is 5.23. The average molecular weight is 439 g/mol. The Bertz CT molecular complexity index is 882. The quantitative estimate of drug-likeness (QED) is 0.366. The van der Waals surface area contributed by atoms with Gasteiger partial charge in [-0.1, -0.05) is 36.1 Å². The number of aliphatic carboxylic acids is 3. The molecular formula is C18H17NO8S2. The van der Waals surface area contributed by atoms with Gasteiger partial charge in [0.05, 0.1) is 17.9 Å². The first-order valence-electron chi connectivity index (χ1n) is 8.35. The summed E-state index contributed by atoms with van der Waals surface area (Å²) in [6.45, 7) is -0.00916. The molecule has 11 heteroatoms. The molecule has 29 heavy (non-hydrogen) atoms. The highest BCUT2D eigenvalue weighted by Crippen LogP contribution is 2.35. The van der Waals surface area contributed by atoms with E-state index >= 15 is 0 Å². The Morgan fingerprint density at radius 2 is 1.86 bits per heavy atom. The lowest BCUT2D eigenvalue weighted by Gasteiger charge is -2.22. The largest absolute Gasteiger partial charge is 0.493 e. The Morgan fingerprint density at radius 1 is 1.17 bits per heavy atom. The zero-order valence-corrected chi connectivity index (χ0v) is 16.6. The van der Waals surface area contributed by atoms with Gasteiger partial charge >= 0.3 is 17.9 Å². The van der Waals surface area contributed by atoms with Crippen LogP contribution in [0.15, 0.2) is 29.2 Å².